The molecule has 1 aliphatic heterocycles. The van der Waals surface area contributed by atoms with Crippen molar-refractivity contribution in [3.8, 4) is 22.9 Å². The molecule has 2 aromatic carbocycles. The summed E-state index contributed by atoms with van der Waals surface area (Å²) in [5.74, 6) is 1.36. The van der Waals surface area contributed by atoms with E-state index < -0.39 is 11.8 Å². The molecule has 0 saturated heterocycles. The molecule has 0 bridgehead atoms. The van der Waals surface area contributed by atoms with Gasteiger partial charge in [0.15, 0.2) is 18.2 Å². The van der Waals surface area contributed by atoms with E-state index in [1.807, 2.05) is 20.1 Å². The van der Waals surface area contributed by atoms with Crippen molar-refractivity contribution in [1.29, 1.82) is 0 Å². The number of hydrogen-bond donors (Lipinski definition) is 3. The summed E-state index contributed by atoms with van der Waals surface area (Å²) < 4.78 is 26.9. The maximum absolute atomic E-state index is 13.9. The minimum Gasteiger partial charge on any atom is -0.476 e. The number of pyridine rings is 1. The Hall–Kier alpha value is -4.58. The largest absolute Gasteiger partial charge is 0.476 e. The van der Waals surface area contributed by atoms with Crippen molar-refractivity contribution in [2.45, 2.75) is 24.7 Å². The summed E-state index contributed by atoms with van der Waals surface area (Å²) in [5.41, 5.74) is 1.81. The van der Waals surface area contributed by atoms with Crippen LogP contribution in [0.4, 0.5) is 26.5 Å². The molecule has 0 fully saturated rings. The van der Waals surface area contributed by atoms with Crippen LogP contribution < -0.4 is 25.4 Å². The molecule has 0 spiro atoms. The fourth-order valence-electron chi connectivity index (χ4n) is 3.86. The number of anilines is 3. The van der Waals surface area contributed by atoms with Crippen LogP contribution in [0.25, 0.3) is 5.69 Å². The number of ether oxygens (including phenoxy) is 2. The summed E-state index contributed by atoms with van der Waals surface area (Å²) in [7, 11) is 0. The van der Waals surface area contributed by atoms with Crippen LogP contribution in [0.1, 0.15) is 25.5 Å². The Morgan fingerprint density at radius 3 is 2.79 bits per heavy atom. The fourth-order valence-corrected chi connectivity index (χ4v) is 4.43. The molecule has 10 nitrogen and oxygen atoms in total. The normalized spacial score (nSPS) is 12.4. The molecular weight excluding hydrogens is 523 g/mol. The zero-order chi connectivity index (χ0) is 27.5. The number of hydrogen-bond acceptors (Lipinski definition) is 7. The number of benzene rings is 2. The highest BCUT2D eigenvalue weighted by molar-refractivity contribution is 7.98. The average molecular weight is 549 g/mol. The first-order chi connectivity index (χ1) is 18.8. The van der Waals surface area contributed by atoms with Crippen LogP contribution >= 0.6 is 11.8 Å². The van der Waals surface area contributed by atoms with Crippen LogP contribution in [0.3, 0.4) is 0 Å². The zero-order valence-electron chi connectivity index (χ0n) is 21.3. The molecule has 1 aliphatic rings. The number of aromatic nitrogens is 3. The van der Waals surface area contributed by atoms with Gasteiger partial charge in [-0.15, -0.1) is 11.8 Å². The van der Waals surface area contributed by atoms with Crippen LogP contribution in [0.15, 0.2) is 65.7 Å². The number of urea groups is 1. The van der Waals surface area contributed by atoms with Gasteiger partial charge in [0.25, 0.3) is 5.91 Å². The summed E-state index contributed by atoms with van der Waals surface area (Å²) in [5, 5.41) is 12.9. The molecule has 5 rings (SSSR count). The number of nitrogens with one attached hydrogen (secondary N) is 3. The second kappa shape index (κ2) is 11.0. The van der Waals surface area contributed by atoms with Crippen LogP contribution in [0, 0.1) is 5.82 Å². The molecule has 0 atom stereocenters. The smallest absolute Gasteiger partial charge is 0.324 e. The van der Waals surface area contributed by atoms with Gasteiger partial charge in [0.1, 0.15) is 17.4 Å². The lowest BCUT2D eigenvalue weighted by molar-refractivity contribution is -0.118. The van der Waals surface area contributed by atoms with E-state index in [1.54, 1.807) is 42.5 Å². The highest BCUT2D eigenvalue weighted by atomic mass is 32.2. The summed E-state index contributed by atoms with van der Waals surface area (Å²) in [6.45, 7) is 3.85. The average Bonchev–Trinajstić information content (AvgIpc) is 3.33. The van der Waals surface area contributed by atoms with Gasteiger partial charge in [-0.1, -0.05) is 19.9 Å². The quantitative estimate of drug-likeness (QED) is 0.242. The Labute approximate surface area is 227 Å². The van der Waals surface area contributed by atoms with Crippen molar-refractivity contribution in [2.75, 3.05) is 28.8 Å². The van der Waals surface area contributed by atoms with Gasteiger partial charge in [-0.3, -0.25) is 10.1 Å². The van der Waals surface area contributed by atoms with Crippen LogP contribution in [0.5, 0.6) is 17.2 Å². The number of fused-ring (bicyclic) bond motifs is 1. The molecule has 4 aromatic rings. The number of thioether (sulfide) groups is 1. The van der Waals surface area contributed by atoms with Gasteiger partial charge in [0.05, 0.1) is 17.1 Å². The number of carbonyl (C=O) groups is 2. The molecular formula is C27H25FN6O4S. The maximum Gasteiger partial charge on any atom is 0.324 e. The van der Waals surface area contributed by atoms with Crippen molar-refractivity contribution in [2.24, 2.45) is 0 Å². The second-order valence-electron chi connectivity index (χ2n) is 8.87. The van der Waals surface area contributed by atoms with Gasteiger partial charge < -0.3 is 20.1 Å². The molecule has 39 heavy (non-hydrogen) atoms. The predicted molar refractivity (Wildman–Crippen MR) is 147 cm³/mol. The standard InChI is InChI=1S/C27H25FN6O4S/c1-15(2)20-13-23(34(33-20)17-6-4-5-16(28)11-17)31-27(36)30-19-8-7-18(12-22(19)39-3)38-21-9-10-29-26-25(21)37-14-24(35)32-26/h4-13,15H,14H2,1-3H3,(H,29,32,35)(H2,30,31,36). The minimum atomic E-state index is -0.487. The van der Waals surface area contributed by atoms with Crippen molar-refractivity contribution >= 4 is 41.0 Å². The van der Waals surface area contributed by atoms with Gasteiger partial charge in [-0.2, -0.15) is 5.10 Å². The van der Waals surface area contributed by atoms with Crippen LogP contribution in [-0.4, -0.2) is 39.6 Å². The Kier molecular flexibility index (Phi) is 7.37. The minimum absolute atomic E-state index is 0.103. The molecule has 12 heteroatoms. The molecule has 3 amide bonds. The van der Waals surface area contributed by atoms with Gasteiger partial charge >= 0.3 is 6.03 Å². The number of halogens is 1. The van der Waals surface area contributed by atoms with Gasteiger partial charge in [-0.25, -0.2) is 18.9 Å². The van der Waals surface area contributed by atoms with Gasteiger partial charge in [0, 0.05) is 23.2 Å². The molecule has 2 aromatic heterocycles. The molecule has 0 unspecified atom stereocenters. The lowest BCUT2D eigenvalue weighted by Gasteiger charge is -2.19. The topological polar surface area (TPSA) is 119 Å². The van der Waals surface area contributed by atoms with Gasteiger partial charge in [0.2, 0.25) is 5.75 Å². The molecule has 0 aliphatic carbocycles. The molecule has 200 valence electrons. The monoisotopic (exact) mass is 548 g/mol. The van der Waals surface area contributed by atoms with E-state index in [1.165, 1.54) is 34.8 Å². The van der Waals surface area contributed by atoms with E-state index in [-0.39, 0.29) is 18.4 Å². The highest BCUT2D eigenvalue weighted by Crippen LogP contribution is 2.39. The zero-order valence-corrected chi connectivity index (χ0v) is 22.1. The summed E-state index contributed by atoms with van der Waals surface area (Å²) in [6.07, 6.45) is 3.39. The number of carbonyl (C=O) groups excluding carboxylic acids is 2. The van der Waals surface area contributed by atoms with Crippen molar-refractivity contribution in [1.82, 2.24) is 14.8 Å². The summed E-state index contributed by atoms with van der Waals surface area (Å²) >= 11 is 1.42. The second-order valence-corrected chi connectivity index (χ2v) is 9.72. The van der Waals surface area contributed by atoms with E-state index >= 15 is 0 Å². The first-order valence-corrected chi connectivity index (χ1v) is 13.2. The number of nitrogens with zero attached hydrogens (tertiary/aromatic N) is 3. The lowest BCUT2D eigenvalue weighted by atomic mass is 10.1. The Morgan fingerprint density at radius 2 is 2.03 bits per heavy atom. The Bertz CT molecular complexity index is 1560. The SMILES string of the molecule is CSc1cc(Oc2ccnc3c2OCC(=O)N3)ccc1NC(=O)Nc1cc(C(C)C)nn1-c1cccc(F)c1. The van der Waals surface area contributed by atoms with Gasteiger partial charge in [-0.05, 0) is 48.6 Å². The van der Waals surface area contributed by atoms with Crippen molar-refractivity contribution < 1.29 is 23.5 Å². The third-order valence-corrected chi connectivity index (χ3v) is 6.51. The van der Waals surface area contributed by atoms with Crippen LogP contribution in [-0.2, 0) is 4.79 Å². The van der Waals surface area contributed by atoms with E-state index in [0.29, 0.717) is 40.3 Å². The Balaban J connectivity index is 1.34. The van der Waals surface area contributed by atoms with Crippen LogP contribution in [0.2, 0.25) is 0 Å². The number of amides is 3. The maximum atomic E-state index is 13.9. The first kappa shape index (κ1) is 26.0. The number of rotatable bonds is 7. The van der Waals surface area contributed by atoms with E-state index in [2.05, 4.69) is 26.0 Å². The van der Waals surface area contributed by atoms with E-state index in [4.69, 9.17) is 9.47 Å². The molecule has 3 N–H and O–H groups in total. The van der Waals surface area contributed by atoms with Crippen molar-refractivity contribution in [3.05, 3.63) is 72.3 Å². The summed E-state index contributed by atoms with van der Waals surface area (Å²) in [4.78, 5) is 29.4. The van der Waals surface area contributed by atoms with Crippen molar-refractivity contribution in [3.63, 3.8) is 0 Å². The predicted octanol–water partition coefficient (Wildman–Crippen LogP) is 6.02. The fraction of sp³-hybridized carbons (Fsp3) is 0.185. The molecule has 0 radical (unpaired) electrons. The molecule has 0 saturated carbocycles. The molecule has 3 heterocycles. The highest BCUT2D eigenvalue weighted by Gasteiger charge is 2.22. The summed E-state index contributed by atoms with van der Waals surface area (Å²) in [6, 6.07) is 14.1. The van der Waals surface area contributed by atoms with E-state index in [9.17, 15) is 14.0 Å². The van der Waals surface area contributed by atoms with E-state index in [0.717, 1.165) is 10.6 Å². The third-order valence-electron chi connectivity index (χ3n) is 5.74. The third kappa shape index (κ3) is 5.80. The Morgan fingerprint density at radius 1 is 1.18 bits per heavy atom. The first-order valence-electron chi connectivity index (χ1n) is 12.0. The lowest BCUT2D eigenvalue weighted by Crippen LogP contribution is -2.26.